The summed E-state index contributed by atoms with van der Waals surface area (Å²) in [5.41, 5.74) is 1.22. The van der Waals surface area contributed by atoms with E-state index < -0.39 is 11.6 Å². The molecule has 0 heterocycles. The number of halogens is 2. The number of nitrogens with one attached hydrogen (secondary N) is 1. The van der Waals surface area contributed by atoms with Crippen molar-refractivity contribution in [3.8, 4) is 5.75 Å². The summed E-state index contributed by atoms with van der Waals surface area (Å²) in [5, 5.41) is 12.4. The van der Waals surface area contributed by atoms with E-state index in [0.717, 1.165) is 11.6 Å². The van der Waals surface area contributed by atoms with Gasteiger partial charge in [-0.3, -0.25) is 0 Å². The molecule has 0 saturated heterocycles. The van der Waals surface area contributed by atoms with Gasteiger partial charge in [0.2, 0.25) is 0 Å². The first kappa shape index (κ1) is 13.3. The molecule has 0 aromatic heterocycles. The number of hydrogen-bond donors (Lipinski definition) is 2. The van der Waals surface area contributed by atoms with Crippen molar-refractivity contribution in [2.24, 2.45) is 0 Å². The van der Waals surface area contributed by atoms with Gasteiger partial charge >= 0.3 is 0 Å². The predicted octanol–water partition coefficient (Wildman–Crippen LogP) is 3.71. The third-order valence-corrected chi connectivity index (χ3v) is 2.79. The van der Waals surface area contributed by atoms with Gasteiger partial charge in [0.25, 0.3) is 0 Å². The van der Waals surface area contributed by atoms with Gasteiger partial charge in [-0.1, -0.05) is 12.1 Å². The van der Waals surface area contributed by atoms with Crippen LogP contribution in [-0.2, 0) is 6.42 Å². The lowest BCUT2D eigenvalue weighted by Gasteiger charge is -2.16. The quantitative estimate of drug-likeness (QED) is 0.881. The third kappa shape index (κ3) is 3.68. The summed E-state index contributed by atoms with van der Waals surface area (Å²) >= 11 is 0. The van der Waals surface area contributed by atoms with Crippen LogP contribution in [0, 0.1) is 11.6 Å². The van der Waals surface area contributed by atoms with Crippen LogP contribution in [0.4, 0.5) is 14.5 Å². The molecule has 0 spiro atoms. The number of aromatic hydroxyl groups is 1. The van der Waals surface area contributed by atoms with Crippen LogP contribution < -0.4 is 5.32 Å². The van der Waals surface area contributed by atoms with Gasteiger partial charge in [-0.05, 0) is 43.2 Å². The molecule has 2 rings (SSSR count). The molecule has 0 aliphatic heterocycles. The molecule has 19 heavy (non-hydrogen) atoms. The Morgan fingerprint density at radius 1 is 1.16 bits per heavy atom. The first-order chi connectivity index (χ1) is 9.04. The number of hydrogen-bond acceptors (Lipinski definition) is 2. The molecule has 1 atom stereocenters. The second-order valence-electron chi connectivity index (χ2n) is 4.54. The lowest BCUT2D eigenvalue weighted by Crippen LogP contribution is -2.18. The maximum absolute atomic E-state index is 13.5. The standard InChI is InChI=1S/C15H15F2NO/c1-10(7-11-3-2-4-13(19)8-11)18-15-6-5-12(16)9-14(15)17/h2-6,8-10,18-19H,7H2,1H3/t10-/m1/s1. The van der Waals surface area contributed by atoms with Gasteiger partial charge in [0, 0.05) is 12.1 Å². The van der Waals surface area contributed by atoms with Crippen LogP contribution in [0.5, 0.6) is 5.75 Å². The van der Waals surface area contributed by atoms with E-state index in [4.69, 9.17) is 0 Å². The van der Waals surface area contributed by atoms with E-state index in [2.05, 4.69) is 5.32 Å². The van der Waals surface area contributed by atoms with E-state index in [0.29, 0.717) is 6.42 Å². The highest BCUT2D eigenvalue weighted by Crippen LogP contribution is 2.18. The summed E-state index contributed by atoms with van der Waals surface area (Å²) in [6.07, 6.45) is 0.630. The number of rotatable bonds is 4. The zero-order chi connectivity index (χ0) is 13.8. The normalized spacial score (nSPS) is 12.2. The van der Waals surface area contributed by atoms with Crippen LogP contribution in [-0.4, -0.2) is 11.1 Å². The SMILES string of the molecule is C[C@H](Cc1cccc(O)c1)Nc1ccc(F)cc1F. The Hall–Kier alpha value is -2.10. The maximum Gasteiger partial charge on any atom is 0.149 e. The van der Waals surface area contributed by atoms with Gasteiger partial charge in [-0.2, -0.15) is 0 Å². The Kier molecular flexibility index (Phi) is 4.00. The van der Waals surface area contributed by atoms with Crippen molar-refractivity contribution in [1.29, 1.82) is 0 Å². The molecule has 0 saturated carbocycles. The highest BCUT2D eigenvalue weighted by molar-refractivity contribution is 5.45. The highest BCUT2D eigenvalue weighted by Gasteiger charge is 2.08. The largest absolute Gasteiger partial charge is 0.508 e. The van der Waals surface area contributed by atoms with E-state index in [-0.39, 0.29) is 17.5 Å². The zero-order valence-corrected chi connectivity index (χ0v) is 10.5. The lowest BCUT2D eigenvalue weighted by molar-refractivity contribution is 0.474. The fourth-order valence-corrected chi connectivity index (χ4v) is 1.96. The minimum absolute atomic E-state index is 0.0400. The van der Waals surface area contributed by atoms with E-state index in [9.17, 15) is 13.9 Å². The van der Waals surface area contributed by atoms with Crippen LogP contribution >= 0.6 is 0 Å². The number of anilines is 1. The lowest BCUT2D eigenvalue weighted by atomic mass is 10.1. The van der Waals surface area contributed by atoms with Gasteiger partial charge in [0.05, 0.1) is 5.69 Å². The van der Waals surface area contributed by atoms with E-state index in [1.54, 1.807) is 18.2 Å². The molecule has 100 valence electrons. The fraction of sp³-hybridized carbons (Fsp3) is 0.200. The van der Waals surface area contributed by atoms with Crippen LogP contribution in [0.3, 0.4) is 0 Å². The monoisotopic (exact) mass is 263 g/mol. The Bertz CT molecular complexity index is 572. The average molecular weight is 263 g/mol. The molecule has 0 amide bonds. The molecule has 0 unspecified atom stereocenters. The third-order valence-electron chi connectivity index (χ3n) is 2.79. The summed E-state index contributed by atoms with van der Waals surface area (Å²) in [6.45, 7) is 1.90. The predicted molar refractivity (Wildman–Crippen MR) is 71.3 cm³/mol. The van der Waals surface area contributed by atoms with Crippen LogP contribution in [0.1, 0.15) is 12.5 Å². The fourth-order valence-electron chi connectivity index (χ4n) is 1.96. The van der Waals surface area contributed by atoms with Gasteiger partial charge < -0.3 is 10.4 Å². The first-order valence-corrected chi connectivity index (χ1v) is 6.04. The van der Waals surface area contributed by atoms with E-state index in [1.807, 2.05) is 13.0 Å². The van der Waals surface area contributed by atoms with Crippen molar-refractivity contribution >= 4 is 5.69 Å². The van der Waals surface area contributed by atoms with Crippen LogP contribution in [0.15, 0.2) is 42.5 Å². The van der Waals surface area contributed by atoms with Crippen molar-refractivity contribution in [3.63, 3.8) is 0 Å². The van der Waals surface area contributed by atoms with Gasteiger partial charge in [0.15, 0.2) is 0 Å². The second kappa shape index (κ2) is 5.69. The minimum Gasteiger partial charge on any atom is -0.508 e. The molecule has 0 fully saturated rings. The molecule has 2 nitrogen and oxygen atoms in total. The van der Waals surface area contributed by atoms with Crippen molar-refractivity contribution < 1.29 is 13.9 Å². The number of phenolic OH excluding ortho intramolecular Hbond substituents is 1. The highest BCUT2D eigenvalue weighted by atomic mass is 19.1. The van der Waals surface area contributed by atoms with E-state index >= 15 is 0 Å². The Labute approximate surface area is 110 Å². The molecule has 4 heteroatoms. The Morgan fingerprint density at radius 2 is 1.95 bits per heavy atom. The number of phenols is 1. The summed E-state index contributed by atoms with van der Waals surface area (Å²) in [7, 11) is 0. The summed E-state index contributed by atoms with van der Waals surface area (Å²) in [6, 6.07) is 10.3. The van der Waals surface area contributed by atoms with Crippen LogP contribution in [0.2, 0.25) is 0 Å². The maximum atomic E-state index is 13.5. The van der Waals surface area contributed by atoms with E-state index in [1.165, 1.54) is 12.1 Å². The first-order valence-electron chi connectivity index (χ1n) is 6.04. The molecule has 2 aromatic rings. The smallest absolute Gasteiger partial charge is 0.149 e. The molecular weight excluding hydrogens is 248 g/mol. The molecule has 0 radical (unpaired) electrons. The zero-order valence-electron chi connectivity index (χ0n) is 10.5. The van der Waals surface area contributed by atoms with Gasteiger partial charge in [-0.15, -0.1) is 0 Å². The average Bonchev–Trinajstić information content (AvgIpc) is 2.33. The molecule has 0 bridgehead atoms. The molecule has 0 aliphatic rings. The molecule has 0 aliphatic carbocycles. The van der Waals surface area contributed by atoms with Crippen molar-refractivity contribution in [2.75, 3.05) is 5.32 Å². The van der Waals surface area contributed by atoms with Crippen LogP contribution in [0.25, 0.3) is 0 Å². The molecule has 2 N–H and O–H groups in total. The topological polar surface area (TPSA) is 32.3 Å². The molecule has 2 aromatic carbocycles. The molecular formula is C15H15F2NO. The summed E-state index contributed by atoms with van der Waals surface area (Å²) < 4.78 is 26.3. The Balaban J connectivity index is 2.03. The number of benzene rings is 2. The van der Waals surface area contributed by atoms with Crippen molar-refractivity contribution in [3.05, 3.63) is 59.7 Å². The summed E-state index contributed by atoms with van der Waals surface area (Å²) in [4.78, 5) is 0. The second-order valence-corrected chi connectivity index (χ2v) is 4.54. The van der Waals surface area contributed by atoms with Crippen molar-refractivity contribution in [1.82, 2.24) is 0 Å². The Morgan fingerprint density at radius 3 is 2.63 bits per heavy atom. The van der Waals surface area contributed by atoms with Gasteiger partial charge in [0.1, 0.15) is 17.4 Å². The van der Waals surface area contributed by atoms with Gasteiger partial charge in [-0.25, -0.2) is 8.78 Å². The summed E-state index contributed by atoms with van der Waals surface area (Å²) in [5.74, 6) is -0.996. The minimum atomic E-state index is -0.609. The van der Waals surface area contributed by atoms with Crippen molar-refractivity contribution in [2.45, 2.75) is 19.4 Å².